The SMILES string of the molecule is Cc1nn(-c2ccccc2)c(C)c1CC(=O)N1CCCC2(CNC(=O)O2)C1. The predicted molar refractivity (Wildman–Crippen MR) is 99.8 cm³/mol. The maximum atomic E-state index is 13.0. The molecule has 2 saturated heterocycles. The van der Waals surface area contributed by atoms with E-state index in [0.717, 1.165) is 35.5 Å². The van der Waals surface area contributed by atoms with Crippen LogP contribution in [-0.4, -0.2) is 51.9 Å². The van der Waals surface area contributed by atoms with E-state index in [1.165, 1.54) is 0 Å². The van der Waals surface area contributed by atoms with Crippen LogP contribution in [0.4, 0.5) is 4.79 Å². The van der Waals surface area contributed by atoms with Crippen molar-refractivity contribution in [2.75, 3.05) is 19.6 Å². The van der Waals surface area contributed by atoms with E-state index in [-0.39, 0.29) is 12.0 Å². The molecule has 0 aliphatic carbocycles. The summed E-state index contributed by atoms with van der Waals surface area (Å²) in [5, 5.41) is 7.34. The first-order valence-corrected chi connectivity index (χ1v) is 9.33. The number of para-hydroxylation sites is 1. The second-order valence-electron chi connectivity index (χ2n) is 7.42. The minimum absolute atomic E-state index is 0.0517. The molecule has 2 fully saturated rings. The number of likely N-dealkylation sites (tertiary alicyclic amines) is 1. The van der Waals surface area contributed by atoms with E-state index in [2.05, 4.69) is 10.4 Å². The summed E-state index contributed by atoms with van der Waals surface area (Å²) in [5.74, 6) is 0.0517. The number of hydrogen-bond acceptors (Lipinski definition) is 4. The standard InChI is InChI=1S/C20H24N4O3/c1-14-17(15(2)24(22-14)16-7-4-3-5-8-16)11-18(25)23-10-6-9-20(13-23)12-21-19(26)27-20/h3-5,7-8H,6,9-13H2,1-2H3,(H,21,26). The van der Waals surface area contributed by atoms with Gasteiger partial charge in [0.15, 0.2) is 0 Å². The second-order valence-corrected chi connectivity index (χ2v) is 7.42. The summed E-state index contributed by atoms with van der Waals surface area (Å²) in [7, 11) is 0. The van der Waals surface area contributed by atoms with Crippen molar-refractivity contribution in [1.82, 2.24) is 20.0 Å². The number of benzene rings is 1. The highest BCUT2D eigenvalue weighted by Gasteiger charge is 2.44. The van der Waals surface area contributed by atoms with E-state index in [1.54, 1.807) is 0 Å². The van der Waals surface area contributed by atoms with Crippen LogP contribution in [0.2, 0.25) is 0 Å². The summed E-state index contributed by atoms with van der Waals surface area (Å²) in [6.07, 6.45) is 1.55. The lowest BCUT2D eigenvalue weighted by molar-refractivity contribution is -0.136. The molecule has 2 aliphatic heterocycles. The molecule has 1 spiro atoms. The van der Waals surface area contributed by atoms with E-state index < -0.39 is 5.60 Å². The average molecular weight is 368 g/mol. The maximum absolute atomic E-state index is 13.0. The Kier molecular flexibility index (Phi) is 4.37. The first-order valence-electron chi connectivity index (χ1n) is 9.33. The molecule has 2 aromatic rings. The van der Waals surface area contributed by atoms with Crippen LogP contribution in [0.3, 0.4) is 0 Å². The zero-order valence-electron chi connectivity index (χ0n) is 15.7. The van der Waals surface area contributed by atoms with Crippen LogP contribution < -0.4 is 5.32 Å². The number of ether oxygens (including phenoxy) is 1. The Hall–Kier alpha value is -2.83. The molecule has 0 saturated carbocycles. The first-order chi connectivity index (χ1) is 13.0. The van der Waals surface area contributed by atoms with E-state index in [9.17, 15) is 9.59 Å². The monoisotopic (exact) mass is 368 g/mol. The van der Waals surface area contributed by atoms with Gasteiger partial charge in [0.2, 0.25) is 5.91 Å². The molecule has 1 atom stereocenters. The van der Waals surface area contributed by atoms with Gasteiger partial charge in [-0.3, -0.25) is 4.79 Å². The molecule has 142 valence electrons. The molecule has 1 unspecified atom stereocenters. The minimum Gasteiger partial charge on any atom is -0.439 e. The van der Waals surface area contributed by atoms with Gasteiger partial charge in [-0.1, -0.05) is 18.2 Å². The van der Waals surface area contributed by atoms with Gasteiger partial charge in [0, 0.05) is 17.8 Å². The van der Waals surface area contributed by atoms with E-state index in [0.29, 0.717) is 26.1 Å². The molecular formula is C20H24N4O3. The molecule has 4 rings (SSSR count). The fourth-order valence-corrected chi connectivity index (χ4v) is 4.06. The topological polar surface area (TPSA) is 76.5 Å². The minimum atomic E-state index is -0.566. The third-order valence-electron chi connectivity index (χ3n) is 5.53. The number of nitrogens with one attached hydrogen (secondary N) is 1. The lowest BCUT2D eigenvalue weighted by atomic mass is 9.92. The normalized spacial score (nSPS) is 22.0. The number of amides is 2. The zero-order valence-corrected chi connectivity index (χ0v) is 15.7. The zero-order chi connectivity index (χ0) is 19.0. The molecule has 1 aromatic heterocycles. The predicted octanol–water partition coefficient (Wildman–Crippen LogP) is 2.13. The van der Waals surface area contributed by atoms with Gasteiger partial charge in [-0.15, -0.1) is 0 Å². The molecule has 2 aliphatic rings. The van der Waals surface area contributed by atoms with Gasteiger partial charge >= 0.3 is 6.09 Å². The number of carbonyl (C=O) groups is 2. The highest BCUT2D eigenvalue weighted by Crippen LogP contribution is 2.29. The van der Waals surface area contributed by atoms with Crippen molar-refractivity contribution in [3.8, 4) is 5.69 Å². The number of piperidine rings is 1. The Morgan fingerprint density at radius 3 is 2.78 bits per heavy atom. The molecule has 2 amide bonds. The van der Waals surface area contributed by atoms with Crippen LogP contribution in [0.25, 0.3) is 5.69 Å². The number of aromatic nitrogens is 2. The fraction of sp³-hybridized carbons (Fsp3) is 0.450. The quantitative estimate of drug-likeness (QED) is 0.900. The van der Waals surface area contributed by atoms with Crippen LogP contribution >= 0.6 is 0 Å². The smallest absolute Gasteiger partial charge is 0.407 e. The summed E-state index contributed by atoms with van der Waals surface area (Å²) < 4.78 is 7.36. The van der Waals surface area contributed by atoms with Gasteiger partial charge in [0.05, 0.1) is 30.9 Å². The highest BCUT2D eigenvalue weighted by molar-refractivity contribution is 5.80. The molecule has 1 N–H and O–H groups in total. The van der Waals surface area contributed by atoms with Gasteiger partial charge in [0.25, 0.3) is 0 Å². The van der Waals surface area contributed by atoms with Crippen LogP contribution in [0.5, 0.6) is 0 Å². The summed E-state index contributed by atoms with van der Waals surface area (Å²) in [6, 6.07) is 9.92. The van der Waals surface area contributed by atoms with Crippen LogP contribution in [0.15, 0.2) is 30.3 Å². The average Bonchev–Trinajstić information content (AvgIpc) is 3.16. The van der Waals surface area contributed by atoms with Crippen LogP contribution in [0.1, 0.15) is 29.8 Å². The summed E-state index contributed by atoms with van der Waals surface area (Å²) >= 11 is 0. The third-order valence-corrected chi connectivity index (χ3v) is 5.53. The van der Waals surface area contributed by atoms with Gasteiger partial charge in [-0.2, -0.15) is 5.10 Å². The van der Waals surface area contributed by atoms with Crippen molar-refractivity contribution in [3.05, 3.63) is 47.3 Å². The highest BCUT2D eigenvalue weighted by atomic mass is 16.6. The number of nitrogens with zero attached hydrogens (tertiary/aromatic N) is 3. The molecule has 7 nitrogen and oxygen atoms in total. The first kappa shape index (κ1) is 17.6. The van der Waals surface area contributed by atoms with Crippen molar-refractivity contribution in [2.45, 2.75) is 38.7 Å². The lowest BCUT2D eigenvalue weighted by Gasteiger charge is -2.38. The lowest BCUT2D eigenvalue weighted by Crippen LogP contribution is -2.52. The Labute approximate surface area is 158 Å². The molecular weight excluding hydrogens is 344 g/mol. The van der Waals surface area contributed by atoms with Crippen molar-refractivity contribution in [1.29, 1.82) is 0 Å². The van der Waals surface area contributed by atoms with Gasteiger partial charge < -0.3 is 15.0 Å². The molecule has 3 heterocycles. The van der Waals surface area contributed by atoms with Gasteiger partial charge in [0.1, 0.15) is 5.60 Å². The van der Waals surface area contributed by atoms with Gasteiger partial charge in [-0.05, 0) is 38.8 Å². The van der Waals surface area contributed by atoms with Gasteiger partial charge in [-0.25, -0.2) is 9.48 Å². The fourth-order valence-electron chi connectivity index (χ4n) is 4.06. The molecule has 1 aromatic carbocycles. The van der Waals surface area contributed by atoms with Crippen molar-refractivity contribution >= 4 is 12.0 Å². The summed E-state index contributed by atoms with van der Waals surface area (Å²) in [4.78, 5) is 26.3. The second kappa shape index (κ2) is 6.72. The Balaban J connectivity index is 1.52. The number of rotatable bonds is 3. The summed E-state index contributed by atoms with van der Waals surface area (Å²) in [5.41, 5.74) is 3.23. The van der Waals surface area contributed by atoms with E-state index in [1.807, 2.05) is 53.8 Å². The number of hydrogen-bond donors (Lipinski definition) is 1. The molecule has 0 bridgehead atoms. The Morgan fingerprint density at radius 1 is 1.30 bits per heavy atom. The van der Waals surface area contributed by atoms with E-state index in [4.69, 9.17) is 4.74 Å². The maximum Gasteiger partial charge on any atom is 0.407 e. The van der Waals surface area contributed by atoms with Crippen molar-refractivity contribution < 1.29 is 14.3 Å². The Morgan fingerprint density at radius 2 is 2.07 bits per heavy atom. The van der Waals surface area contributed by atoms with Crippen LogP contribution in [0, 0.1) is 13.8 Å². The number of aryl methyl sites for hydroxylation is 1. The van der Waals surface area contributed by atoms with E-state index >= 15 is 0 Å². The molecule has 27 heavy (non-hydrogen) atoms. The van der Waals surface area contributed by atoms with Crippen molar-refractivity contribution in [3.63, 3.8) is 0 Å². The number of alkyl carbamates (subject to hydrolysis) is 1. The third kappa shape index (κ3) is 3.29. The molecule has 0 radical (unpaired) electrons. The Bertz CT molecular complexity index is 877. The van der Waals surface area contributed by atoms with Crippen LogP contribution in [-0.2, 0) is 16.0 Å². The van der Waals surface area contributed by atoms with Crippen molar-refractivity contribution in [2.24, 2.45) is 0 Å². The molecule has 7 heteroatoms. The summed E-state index contributed by atoms with van der Waals surface area (Å²) in [6.45, 7) is 5.56. The largest absolute Gasteiger partial charge is 0.439 e. The number of carbonyl (C=O) groups excluding carboxylic acids is 2.